The van der Waals surface area contributed by atoms with Crippen molar-refractivity contribution in [3.63, 3.8) is 0 Å². The largest absolute Gasteiger partial charge is 0.244 e. The van der Waals surface area contributed by atoms with Crippen LogP contribution in [0, 0.1) is 0 Å². The van der Waals surface area contributed by atoms with Gasteiger partial charge < -0.3 is 0 Å². The Bertz CT molecular complexity index is 384. The molecule has 1 saturated carbocycles. The predicted octanol–water partition coefficient (Wildman–Crippen LogP) is 2.57. The van der Waals surface area contributed by atoms with Crippen LogP contribution in [0.5, 0.6) is 0 Å². The summed E-state index contributed by atoms with van der Waals surface area (Å²) in [5, 5.41) is 1.20. The molecule has 0 unspecified atom stereocenters. The zero-order valence-corrected chi connectivity index (χ0v) is 7.34. The number of nitrogens with zero attached hydrogens (tertiary/aromatic N) is 2. The van der Waals surface area contributed by atoms with E-state index in [9.17, 15) is 0 Å². The molecule has 0 saturated heterocycles. The maximum Gasteiger partial charge on any atom is 0.126 e. The van der Waals surface area contributed by atoms with Gasteiger partial charge in [0.2, 0.25) is 0 Å². The number of thiophene rings is 1. The van der Waals surface area contributed by atoms with Crippen molar-refractivity contribution in [3.05, 3.63) is 23.5 Å². The van der Waals surface area contributed by atoms with E-state index in [1.54, 1.807) is 6.33 Å². The Labute approximate surface area is 74.3 Å². The molecule has 12 heavy (non-hydrogen) atoms. The van der Waals surface area contributed by atoms with Gasteiger partial charge in [-0.15, -0.1) is 11.3 Å². The molecule has 2 nitrogen and oxygen atoms in total. The first-order valence-corrected chi connectivity index (χ1v) is 4.94. The highest BCUT2D eigenvalue weighted by Crippen LogP contribution is 2.44. The first kappa shape index (κ1) is 6.54. The molecule has 0 aromatic carbocycles. The van der Waals surface area contributed by atoms with Gasteiger partial charge in [-0.05, 0) is 24.8 Å². The zero-order valence-electron chi connectivity index (χ0n) is 6.53. The number of rotatable bonds is 1. The monoisotopic (exact) mass is 176 g/mol. The number of hydrogen-bond donors (Lipinski definition) is 0. The van der Waals surface area contributed by atoms with Gasteiger partial charge in [0.05, 0.1) is 0 Å². The van der Waals surface area contributed by atoms with Gasteiger partial charge in [-0.1, -0.05) is 0 Å². The van der Waals surface area contributed by atoms with E-state index in [2.05, 4.69) is 16.0 Å². The van der Waals surface area contributed by atoms with Crippen LogP contribution in [-0.4, -0.2) is 9.97 Å². The highest BCUT2D eigenvalue weighted by Gasteiger charge is 2.25. The molecule has 2 aromatic rings. The summed E-state index contributed by atoms with van der Waals surface area (Å²) in [6.07, 6.45) is 6.24. The van der Waals surface area contributed by atoms with Crippen LogP contribution in [-0.2, 0) is 0 Å². The molecule has 1 aliphatic rings. The molecule has 1 fully saturated rings. The lowest BCUT2D eigenvalue weighted by Gasteiger charge is -1.82. The van der Waals surface area contributed by atoms with Gasteiger partial charge in [0.1, 0.15) is 11.2 Å². The first-order chi connectivity index (χ1) is 5.93. The second-order valence-electron chi connectivity index (χ2n) is 3.21. The first-order valence-electron chi connectivity index (χ1n) is 4.13. The van der Waals surface area contributed by atoms with Crippen molar-refractivity contribution in [2.24, 2.45) is 0 Å². The molecular formula is C9H8N2S. The summed E-state index contributed by atoms with van der Waals surface area (Å²) in [5.74, 6) is 0.837. The fourth-order valence-corrected chi connectivity index (χ4v) is 2.52. The molecule has 0 N–H and O–H groups in total. The minimum absolute atomic E-state index is 0.837. The van der Waals surface area contributed by atoms with Crippen molar-refractivity contribution in [2.75, 3.05) is 0 Å². The molecule has 2 heterocycles. The van der Waals surface area contributed by atoms with Crippen LogP contribution in [0.1, 0.15) is 23.6 Å². The Morgan fingerprint density at radius 2 is 2.33 bits per heavy atom. The Morgan fingerprint density at radius 1 is 1.42 bits per heavy atom. The zero-order chi connectivity index (χ0) is 7.97. The van der Waals surface area contributed by atoms with Crippen molar-refractivity contribution >= 4 is 21.6 Å². The fraction of sp³-hybridized carbons (Fsp3) is 0.333. The summed E-state index contributed by atoms with van der Waals surface area (Å²) in [4.78, 5) is 10.8. The van der Waals surface area contributed by atoms with E-state index in [1.165, 1.54) is 23.1 Å². The highest BCUT2D eigenvalue weighted by atomic mass is 32.1. The highest BCUT2D eigenvalue weighted by molar-refractivity contribution is 7.18. The summed E-state index contributed by atoms with van der Waals surface area (Å²) >= 11 is 1.82. The average Bonchev–Trinajstić information content (AvgIpc) is 2.85. The van der Waals surface area contributed by atoms with E-state index < -0.39 is 0 Å². The summed E-state index contributed by atoms with van der Waals surface area (Å²) in [7, 11) is 0. The predicted molar refractivity (Wildman–Crippen MR) is 49.4 cm³/mol. The third kappa shape index (κ3) is 0.932. The SMILES string of the molecule is c1ncc2cc(C3CC3)sc2n1. The standard InChI is InChI=1S/C9H8N2S/c1-2-6(1)8-3-7-4-10-5-11-9(7)12-8/h3-6H,1-2H2. The van der Waals surface area contributed by atoms with Crippen molar-refractivity contribution < 1.29 is 0 Å². The van der Waals surface area contributed by atoms with Crippen molar-refractivity contribution in [1.82, 2.24) is 9.97 Å². The lowest BCUT2D eigenvalue weighted by Crippen LogP contribution is -1.71. The van der Waals surface area contributed by atoms with Crippen LogP contribution >= 0.6 is 11.3 Å². The molecule has 0 aliphatic heterocycles. The number of aromatic nitrogens is 2. The third-order valence-corrected chi connectivity index (χ3v) is 3.42. The van der Waals surface area contributed by atoms with E-state index in [-0.39, 0.29) is 0 Å². The smallest absolute Gasteiger partial charge is 0.126 e. The summed E-state index contributed by atoms with van der Waals surface area (Å²) < 4.78 is 0. The van der Waals surface area contributed by atoms with Gasteiger partial charge in [0.15, 0.2) is 0 Å². The minimum atomic E-state index is 0.837. The Kier molecular flexibility index (Phi) is 1.23. The molecule has 2 aromatic heterocycles. The van der Waals surface area contributed by atoms with Crippen LogP contribution in [0.4, 0.5) is 0 Å². The minimum Gasteiger partial charge on any atom is -0.244 e. The topological polar surface area (TPSA) is 25.8 Å². The molecule has 0 atom stereocenters. The average molecular weight is 176 g/mol. The van der Waals surface area contributed by atoms with Gasteiger partial charge >= 0.3 is 0 Å². The second-order valence-corrected chi connectivity index (χ2v) is 4.27. The van der Waals surface area contributed by atoms with Crippen LogP contribution < -0.4 is 0 Å². The number of hydrogen-bond acceptors (Lipinski definition) is 3. The molecule has 3 rings (SSSR count). The lowest BCUT2D eigenvalue weighted by atomic mass is 10.3. The second kappa shape index (κ2) is 2.26. The molecule has 0 spiro atoms. The van der Waals surface area contributed by atoms with Gasteiger partial charge in [0, 0.05) is 16.5 Å². The lowest BCUT2D eigenvalue weighted by molar-refractivity contribution is 1.18. The molecular weight excluding hydrogens is 168 g/mol. The summed E-state index contributed by atoms with van der Waals surface area (Å²) in [5.41, 5.74) is 0. The van der Waals surface area contributed by atoms with Gasteiger partial charge in [-0.2, -0.15) is 0 Å². The van der Waals surface area contributed by atoms with E-state index in [4.69, 9.17) is 0 Å². The van der Waals surface area contributed by atoms with Gasteiger partial charge in [0.25, 0.3) is 0 Å². The van der Waals surface area contributed by atoms with Crippen LogP contribution in [0.2, 0.25) is 0 Å². The molecule has 0 amide bonds. The normalized spacial score (nSPS) is 17.0. The van der Waals surface area contributed by atoms with Crippen molar-refractivity contribution in [3.8, 4) is 0 Å². The van der Waals surface area contributed by atoms with Crippen molar-refractivity contribution in [1.29, 1.82) is 0 Å². The van der Waals surface area contributed by atoms with E-state index in [1.807, 2.05) is 17.5 Å². The molecule has 60 valence electrons. The molecule has 1 aliphatic carbocycles. The van der Waals surface area contributed by atoms with Crippen LogP contribution in [0.25, 0.3) is 10.2 Å². The van der Waals surface area contributed by atoms with Crippen LogP contribution in [0.3, 0.4) is 0 Å². The molecule has 3 heteroatoms. The van der Waals surface area contributed by atoms with E-state index in [0.29, 0.717) is 0 Å². The maximum absolute atomic E-state index is 4.22. The van der Waals surface area contributed by atoms with Crippen LogP contribution in [0.15, 0.2) is 18.6 Å². The van der Waals surface area contributed by atoms with E-state index >= 15 is 0 Å². The quantitative estimate of drug-likeness (QED) is 0.667. The van der Waals surface area contributed by atoms with E-state index in [0.717, 1.165) is 10.7 Å². The summed E-state index contributed by atoms with van der Waals surface area (Å²) in [6.45, 7) is 0. The Balaban J connectivity index is 2.23. The van der Waals surface area contributed by atoms with Gasteiger partial charge in [-0.25, -0.2) is 9.97 Å². The number of fused-ring (bicyclic) bond motifs is 1. The fourth-order valence-electron chi connectivity index (χ4n) is 1.38. The maximum atomic E-state index is 4.22. The van der Waals surface area contributed by atoms with Crippen molar-refractivity contribution in [2.45, 2.75) is 18.8 Å². The summed E-state index contributed by atoms with van der Waals surface area (Å²) in [6, 6.07) is 2.23. The molecule has 0 radical (unpaired) electrons. The third-order valence-electron chi connectivity index (χ3n) is 2.19. The molecule has 0 bridgehead atoms. The Morgan fingerprint density at radius 3 is 3.08 bits per heavy atom. The Hall–Kier alpha value is -0.960. The van der Waals surface area contributed by atoms with Gasteiger partial charge in [-0.3, -0.25) is 0 Å².